The van der Waals surface area contributed by atoms with Crippen LogP contribution in [0.1, 0.15) is 25.3 Å². The van der Waals surface area contributed by atoms with Gasteiger partial charge in [-0.1, -0.05) is 65.3 Å². The summed E-state index contributed by atoms with van der Waals surface area (Å²) < 4.78 is 29.3. The number of carbonyl (C=O) groups excluding carboxylic acids is 2. The second-order valence-electron chi connectivity index (χ2n) is 10.0. The Labute approximate surface area is 246 Å². The van der Waals surface area contributed by atoms with Crippen molar-refractivity contribution in [3.05, 3.63) is 87.3 Å². The highest BCUT2D eigenvalue weighted by Gasteiger charge is 2.39. The van der Waals surface area contributed by atoms with Crippen molar-refractivity contribution in [1.29, 1.82) is 0 Å². The molecule has 7 nitrogen and oxygen atoms in total. The monoisotopic (exact) mass is 673 g/mol. The number of nitrogens with zero attached hydrogens (tertiary/aromatic N) is 3. The summed E-state index contributed by atoms with van der Waals surface area (Å²) in [4.78, 5) is 31.1. The van der Waals surface area contributed by atoms with Gasteiger partial charge in [0.15, 0.2) is 0 Å². The van der Waals surface area contributed by atoms with E-state index in [4.69, 9.17) is 0 Å². The van der Waals surface area contributed by atoms with Crippen LogP contribution in [0.3, 0.4) is 0 Å². The van der Waals surface area contributed by atoms with Crippen LogP contribution in [-0.2, 0) is 26.2 Å². The second kappa shape index (κ2) is 11.5. The molecule has 2 aliphatic heterocycles. The van der Waals surface area contributed by atoms with E-state index in [9.17, 15) is 18.0 Å². The van der Waals surface area contributed by atoms with Gasteiger partial charge in [-0.05, 0) is 64.7 Å². The molecule has 2 heterocycles. The molecule has 3 aromatic rings. The number of piperidine rings is 1. The Morgan fingerprint density at radius 2 is 1.56 bits per heavy atom. The molecule has 0 saturated carbocycles. The van der Waals surface area contributed by atoms with Gasteiger partial charge in [0.1, 0.15) is 0 Å². The molecule has 0 bridgehead atoms. The lowest BCUT2D eigenvalue weighted by molar-refractivity contribution is -0.124. The van der Waals surface area contributed by atoms with E-state index >= 15 is 0 Å². The van der Waals surface area contributed by atoms with Crippen molar-refractivity contribution < 1.29 is 18.0 Å². The van der Waals surface area contributed by atoms with E-state index in [0.29, 0.717) is 39.7 Å². The standard InChI is InChI=1S/C29H29Br2N3O4S/c1-20-18-33(25-9-5-6-10-26(25)34(28(20)35)19-21-7-3-2-4-8-21)29(36)22-13-15-32(16-14-22)39(37,38)27-17-23(30)11-12-24(27)31/h2-12,17,20,22H,13-16,18-19H2,1H3. The van der Waals surface area contributed by atoms with Crippen LogP contribution in [0.5, 0.6) is 0 Å². The highest BCUT2D eigenvalue weighted by atomic mass is 79.9. The molecule has 39 heavy (non-hydrogen) atoms. The molecule has 0 spiro atoms. The first-order chi connectivity index (χ1) is 18.7. The van der Waals surface area contributed by atoms with Crippen molar-refractivity contribution in [2.24, 2.45) is 11.8 Å². The van der Waals surface area contributed by atoms with Crippen LogP contribution in [-0.4, -0.2) is 44.2 Å². The maximum Gasteiger partial charge on any atom is 0.244 e. The third-order valence-corrected chi connectivity index (χ3v) is 10.8. The number of sulfonamides is 1. The van der Waals surface area contributed by atoms with Gasteiger partial charge in [0.2, 0.25) is 21.8 Å². The van der Waals surface area contributed by atoms with Crippen LogP contribution in [0.15, 0.2) is 86.6 Å². The normalized spacial score (nSPS) is 19.1. The molecule has 1 unspecified atom stereocenters. The van der Waals surface area contributed by atoms with Crippen molar-refractivity contribution in [3.63, 3.8) is 0 Å². The van der Waals surface area contributed by atoms with Gasteiger partial charge in [0, 0.05) is 34.5 Å². The molecular formula is C29H29Br2N3O4S. The largest absolute Gasteiger partial charge is 0.309 e. The highest BCUT2D eigenvalue weighted by Crippen LogP contribution is 2.37. The van der Waals surface area contributed by atoms with Gasteiger partial charge >= 0.3 is 0 Å². The zero-order chi connectivity index (χ0) is 27.7. The van der Waals surface area contributed by atoms with E-state index in [1.807, 2.05) is 61.5 Å². The second-order valence-corrected chi connectivity index (χ2v) is 13.7. The molecule has 0 N–H and O–H groups in total. The van der Waals surface area contributed by atoms with Crippen molar-refractivity contribution >= 4 is 65.1 Å². The minimum absolute atomic E-state index is 0.0258. The summed E-state index contributed by atoms with van der Waals surface area (Å²) in [5.74, 6) is -0.815. The number of hydrogen-bond donors (Lipinski definition) is 0. The fraction of sp³-hybridized carbons (Fsp3) is 0.310. The summed E-state index contributed by atoms with van der Waals surface area (Å²) in [6, 6.07) is 22.4. The van der Waals surface area contributed by atoms with E-state index < -0.39 is 10.0 Å². The summed E-state index contributed by atoms with van der Waals surface area (Å²) in [6.45, 7) is 3.06. The lowest BCUT2D eigenvalue weighted by atomic mass is 9.95. The van der Waals surface area contributed by atoms with Gasteiger partial charge in [0.05, 0.1) is 28.7 Å². The molecule has 0 aliphatic carbocycles. The number of fused-ring (bicyclic) bond motifs is 1. The van der Waals surface area contributed by atoms with Crippen LogP contribution < -0.4 is 9.80 Å². The predicted molar refractivity (Wildman–Crippen MR) is 159 cm³/mol. The predicted octanol–water partition coefficient (Wildman–Crippen LogP) is 5.83. The van der Waals surface area contributed by atoms with Gasteiger partial charge in [-0.25, -0.2) is 8.42 Å². The molecule has 2 amide bonds. The summed E-state index contributed by atoms with van der Waals surface area (Å²) in [5.41, 5.74) is 2.44. The van der Waals surface area contributed by atoms with E-state index in [-0.39, 0.29) is 48.2 Å². The van der Waals surface area contributed by atoms with Gasteiger partial charge in [-0.15, -0.1) is 0 Å². The fourth-order valence-electron chi connectivity index (χ4n) is 5.27. The van der Waals surface area contributed by atoms with Crippen LogP contribution in [0.25, 0.3) is 0 Å². The number of para-hydroxylation sites is 2. The quantitative estimate of drug-likeness (QED) is 0.341. The molecule has 1 saturated heterocycles. The topological polar surface area (TPSA) is 78.0 Å². The highest BCUT2D eigenvalue weighted by molar-refractivity contribution is 9.11. The van der Waals surface area contributed by atoms with E-state index in [1.165, 1.54) is 4.31 Å². The summed E-state index contributed by atoms with van der Waals surface area (Å²) in [5, 5.41) is 0. The van der Waals surface area contributed by atoms with Gasteiger partial charge in [0.25, 0.3) is 0 Å². The van der Waals surface area contributed by atoms with Gasteiger partial charge < -0.3 is 9.80 Å². The van der Waals surface area contributed by atoms with Crippen molar-refractivity contribution in [1.82, 2.24) is 4.31 Å². The zero-order valence-electron chi connectivity index (χ0n) is 21.5. The minimum Gasteiger partial charge on any atom is -0.309 e. The maximum atomic E-state index is 13.9. The van der Waals surface area contributed by atoms with Crippen LogP contribution in [0, 0.1) is 11.8 Å². The number of hydrogen-bond acceptors (Lipinski definition) is 4. The first-order valence-electron chi connectivity index (χ1n) is 12.9. The molecule has 3 aromatic carbocycles. The summed E-state index contributed by atoms with van der Waals surface area (Å²) >= 11 is 6.72. The Morgan fingerprint density at radius 3 is 2.26 bits per heavy atom. The molecule has 1 atom stereocenters. The first-order valence-corrected chi connectivity index (χ1v) is 15.9. The lowest BCUT2D eigenvalue weighted by Gasteiger charge is -2.34. The molecule has 2 aliphatic rings. The maximum absolute atomic E-state index is 13.9. The Balaban J connectivity index is 1.37. The summed E-state index contributed by atoms with van der Waals surface area (Å²) in [6.07, 6.45) is 0.830. The SMILES string of the molecule is CC1CN(C(=O)C2CCN(S(=O)(=O)c3cc(Br)ccc3Br)CC2)c2ccccc2N(Cc2ccccc2)C1=O. The fourth-order valence-corrected chi connectivity index (χ4v) is 8.20. The van der Waals surface area contributed by atoms with Crippen molar-refractivity contribution in [2.75, 3.05) is 29.4 Å². The number of anilines is 2. The number of rotatable bonds is 5. The number of amides is 2. The molecule has 1 fully saturated rings. The summed E-state index contributed by atoms with van der Waals surface area (Å²) in [7, 11) is -3.72. The van der Waals surface area contributed by atoms with Gasteiger partial charge in [-0.3, -0.25) is 9.59 Å². The third-order valence-electron chi connectivity index (χ3n) is 7.37. The average molecular weight is 675 g/mol. The Bertz CT molecular complexity index is 1490. The number of halogens is 2. The first kappa shape index (κ1) is 28.0. The smallest absolute Gasteiger partial charge is 0.244 e. The van der Waals surface area contributed by atoms with Crippen LogP contribution in [0.2, 0.25) is 0 Å². The van der Waals surface area contributed by atoms with Crippen LogP contribution >= 0.6 is 31.9 Å². The Kier molecular flexibility index (Phi) is 8.28. The van der Waals surface area contributed by atoms with Crippen LogP contribution in [0.4, 0.5) is 11.4 Å². The molecule has 204 valence electrons. The molecule has 5 rings (SSSR count). The minimum atomic E-state index is -3.72. The van der Waals surface area contributed by atoms with E-state index in [1.54, 1.807) is 28.0 Å². The van der Waals surface area contributed by atoms with Crippen molar-refractivity contribution in [2.45, 2.75) is 31.2 Å². The van der Waals surface area contributed by atoms with E-state index in [2.05, 4.69) is 31.9 Å². The molecule has 0 radical (unpaired) electrons. The Morgan fingerprint density at radius 1 is 0.923 bits per heavy atom. The van der Waals surface area contributed by atoms with E-state index in [0.717, 1.165) is 5.56 Å². The lowest BCUT2D eigenvalue weighted by Crippen LogP contribution is -2.45. The average Bonchev–Trinajstić information content (AvgIpc) is 3.05. The van der Waals surface area contributed by atoms with Crippen molar-refractivity contribution in [3.8, 4) is 0 Å². The third kappa shape index (κ3) is 5.70. The Hall–Kier alpha value is -2.53. The number of carbonyl (C=O) groups is 2. The molecule has 10 heteroatoms. The zero-order valence-corrected chi connectivity index (χ0v) is 25.5. The molecule has 0 aromatic heterocycles. The van der Waals surface area contributed by atoms with Gasteiger partial charge in [-0.2, -0.15) is 4.31 Å². The molecular weight excluding hydrogens is 646 g/mol. The number of benzene rings is 3.